The molecule has 0 aromatic carbocycles. The number of carboxylic acids is 1. The normalized spacial score (nSPS) is 23.5. The van der Waals surface area contributed by atoms with Gasteiger partial charge in [-0.25, -0.2) is 4.79 Å². The van der Waals surface area contributed by atoms with E-state index in [1.165, 1.54) is 0 Å². The number of nitrogens with one attached hydrogen (secondary N) is 1. The van der Waals surface area contributed by atoms with Crippen molar-refractivity contribution in [2.45, 2.75) is 44.6 Å². The molecule has 2 heterocycles. The van der Waals surface area contributed by atoms with Crippen LogP contribution in [-0.2, 0) is 4.79 Å². The first-order valence-electron chi connectivity index (χ1n) is 9.54. The van der Waals surface area contributed by atoms with E-state index in [0.717, 1.165) is 64.0 Å². The molecule has 7 heteroatoms. The summed E-state index contributed by atoms with van der Waals surface area (Å²) in [6.07, 6.45) is 8.51. The van der Waals surface area contributed by atoms with Crippen molar-refractivity contribution in [3.05, 3.63) is 24.5 Å². The van der Waals surface area contributed by atoms with E-state index < -0.39 is 5.97 Å². The molecular formula is C19H28N4O3. The number of aliphatic carboxylic acids is 1. The van der Waals surface area contributed by atoms with E-state index in [0.29, 0.717) is 5.92 Å². The van der Waals surface area contributed by atoms with E-state index in [1.807, 2.05) is 17.0 Å². The van der Waals surface area contributed by atoms with E-state index in [4.69, 9.17) is 5.11 Å². The molecule has 142 valence electrons. The second kappa shape index (κ2) is 8.87. The minimum Gasteiger partial charge on any atom is -0.481 e. The van der Waals surface area contributed by atoms with Gasteiger partial charge in [0.15, 0.2) is 0 Å². The number of carbonyl (C=O) groups is 2. The highest BCUT2D eigenvalue weighted by atomic mass is 16.4. The highest BCUT2D eigenvalue weighted by Gasteiger charge is 2.26. The minimum atomic E-state index is -0.716. The monoisotopic (exact) mass is 360 g/mol. The lowest BCUT2D eigenvalue weighted by Crippen LogP contribution is -2.53. The quantitative estimate of drug-likeness (QED) is 0.842. The van der Waals surface area contributed by atoms with Crippen LogP contribution in [-0.4, -0.2) is 59.2 Å². The van der Waals surface area contributed by atoms with Crippen molar-refractivity contribution in [1.82, 2.24) is 15.2 Å². The Morgan fingerprint density at radius 1 is 1.08 bits per heavy atom. The van der Waals surface area contributed by atoms with Gasteiger partial charge in [-0.15, -0.1) is 0 Å². The number of carboxylic acid groups (broad SMARTS) is 1. The molecule has 0 atom stereocenters. The molecule has 1 aromatic heterocycles. The molecule has 2 amide bonds. The maximum atomic E-state index is 12.5. The van der Waals surface area contributed by atoms with Crippen LogP contribution in [0.25, 0.3) is 0 Å². The number of pyridine rings is 1. The van der Waals surface area contributed by atoms with Gasteiger partial charge < -0.3 is 20.2 Å². The SMILES string of the molecule is O=C(O)CCC1CCC(NC(=O)N2CCN(c3ccncc3)CC2)CC1. The number of rotatable bonds is 5. The van der Waals surface area contributed by atoms with Crippen LogP contribution in [0.5, 0.6) is 0 Å². The number of amides is 2. The first-order chi connectivity index (χ1) is 12.6. The van der Waals surface area contributed by atoms with E-state index in [9.17, 15) is 9.59 Å². The van der Waals surface area contributed by atoms with Gasteiger partial charge in [-0.1, -0.05) is 0 Å². The molecule has 0 bridgehead atoms. The van der Waals surface area contributed by atoms with Crippen LogP contribution in [0.4, 0.5) is 10.5 Å². The summed E-state index contributed by atoms with van der Waals surface area (Å²) in [6.45, 7) is 3.11. The molecule has 1 aliphatic carbocycles. The number of urea groups is 1. The molecule has 2 N–H and O–H groups in total. The fourth-order valence-corrected chi connectivity index (χ4v) is 3.91. The topological polar surface area (TPSA) is 85.8 Å². The van der Waals surface area contributed by atoms with Gasteiger partial charge in [0, 0.05) is 56.7 Å². The number of nitrogens with zero attached hydrogens (tertiary/aromatic N) is 3. The van der Waals surface area contributed by atoms with Crippen molar-refractivity contribution >= 4 is 17.7 Å². The molecule has 0 unspecified atom stereocenters. The van der Waals surface area contributed by atoms with Crippen LogP contribution >= 0.6 is 0 Å². The summed E-state index contributed by atoms with van der Waals surface area (Å²) in [7, 11) is 0. The lowest BCUT2D eigenvalue weighted by Gasteiger charge is -2.37. The Morgan fingerprint density at radius 3 is 2.35 bits per heavy atom. The molecule has 2 fully saturated rings. The van der Waals surface area contributed by atoms with Crippen LogP contribution in [0.1, 0.15) is 38.5 Å². The number of anilines is 1. The molecule has 0 radical (unpaired) electrons. The lowest BCUT2D eigenvalue weighted by molar-refractivity contribution is -0.137. The zero-order valence-corrected chi connectivity index (χ0v) is 15.1. The Hall–Kier alpha value is -2.31. The molecule has 3 rings (SSSR count). The molecule has 1 saturated heterocycles. The molecule has 26 heavy (non-hydrogen) atoms. The number of aromatic nitrogens is 1. The first-order valence-corrected chi connectivity index (χ1v) is 9.54. The van der Waals surface area contributed by atoms with Crippen molar-refractivity contribution in [2.75, 3.05) is 31.1 Å². The van der Waals surface area contributed by atoms with E-state index >= 15 is 0 Å². The second-order valence-electron chi connectivity index (χ2n) is 7.28. The van der Waals surface area contributed by atoms with Crippen molar-refractivity contribution in [3.8, 4) is 0 Å². The van der Waals surface area contributed by atoms with Crippen molar-refractivity contribution in [3.63, 3.8) is 0 Å². The van der Waals surface area contributed by atoms with Crippen molar-refractivity contribution < 1.29 is 14.7 Å². The van der Waals surface area contributed by atoms with Crippen molar-refractivity contribution in [1.29, 1.82) is 0 Å². The predicted octanol–water partition coefficient (Wildman–Crippen LogP) is 2.34. The Kier molecular flexibility index (Phi) is 6.30. The maximum absolute atomic E-state index is 12.5. The Morgan fingerprint density at radius 2 is 1.73 bits per heavy atom. The van der Waals surface area contributed by atoms with Crippen LogP contribution < -0.4 is 10.2 Å². The van der Waals surface area contributed by atoms with Gasteiger partial charge >= 0.3 is 12.0 Å². The lowest BCUT2D eigenvalue weighted by atomic mass is 9.83. The fraction of sp³-hybridized carbons (Fsp3) is 0.632. The standard InChI is InChI=1S/C19H28N4O3/c24-18(25)6-3-15-1-4-16(5-2-15)21-19(26)23-13-11-22(12-14-23)17-7-9-20-10-8-17/h7-10,15-16H,1-6,11-14H2,(H,21,26)(H,24,25). The molecule has 2 aliphatic rings. The van der Waals surface area contributed by atoms with Crippen LogP contribution in [0.15, 0.2) is 24.5 Å². The Bertz CT molecular complexity index is 594. The summed E-state index contributed by atoms with van der Waals surface area (Å²) in [4.78, 5) is 31.4. The van der Waals surface area contributed by atoms with Gasteiger partial charge in [-0.3, -0.25) is 9.78 Å². The fourth-order valence-electron chi connectivity index (χ4n) is 3.91. The van der Waals surface area contributed by atoms with E-state index in [2.05, 4.69) is 15.2 Å². The van der Waals surface area contributed by atoms with Crippen LogP contribution in [0.3, 0.4) is 0 Å². The zero-order valence-electron chi connectivity index (χ0n) is 15.1. The average Bonchev–Trinajstić information content (AvgIpc) is 2.68. The number of hydrogen-bond acceptors (Lipinski definition) is 4. The summed E-state index contributed by atoms with van der Waals surface area (Å²) >= 11 is 0. The minimum absolute atomic E-state index is 0.0355. The number of hydrogen-bond donors (Lipinski definition) is 2. The van der Waals surface area contributed by atoms with Gasteiger partial charge in [-0.05, 0) is 50.2 Å². The van der Waals surface area contributed by atoms with Gasteiger partial charge in [0.05, 0.1) is 0 Å². The van der Waals surface area contributed by atoms with Gasteiger partial charge in [0.1, 0.15) is 0 Å². The third-order valence-electron chi connectivity index (χ3n) is 5.54. The van der Waals surface area contributed by atoms with Gasteiger partial charge in [0.2, 0.25) is 0 Å². The molecule has 7 nitrogen and oxygen atoms in total. The summed E-state index contributed by atoms with van der Waals surface area (Å²) in [5.41, 5.74) is 1.15. The molecule has 0 spiro atoms. The first kappa shape index (κ1) is 18.5. The average molecular weight is 360 g/mol. The second-order valence-corrected chi connectivity index (χ2v) is 7.28. The Labute approximate surface area is 154 Å². The molecular weight excluding hydrogens is 332 g/mol. The largest absolute Gasteiger partial charge is 0.481 e. The smallest absolute Gasteiger partial charge is 0.317 e. The van der Waals surface area contributed by atoms with E-state index in [1.54, 1.807) is 12.4 Å². The summed E-state index contributed by atoms with van der Waals surface area (Å²) < 4.78 is 0. The summed E-state index contributed by atoms with van der Waals surface area (Å²) in [5, 5.41) is 12.0. The molecule has 1 aromatic rings. The van der Waals surface area contributed by atoms with Crippen molar-refractivity contribution in [2.24, 2.45) is 5.92 Å². The third kappa shape index (κ3) is 5.09. The number of piperazine rings is 1. The Balaban J connectivity index is 1.38. The predicted molar refractivity (Wildman–Crippen MR) is 99.2 cm³/mol. The van der Waals surface area contributed by atoms with E-state index in [-0.39, 0.29) is 18.5 Å². The van der Waals surface area contributed by atoms with Crippen LogP contribution in [0, 0.1) is 5.92 Å². The summed E-state index contributed by atoms with van der Waals surface area (Å²) in [6, 6.07) is 4.26. The molecule has 1 aliphatic heterocycles. The molecule has 1 saturated carbocycles. The maximum Gasteiger partial charge on any atom is 0.317 e. The third-order valence-corrected chi connectivity index (χ3v) is 5.54. The van der Waals surface area contributed by atoms with Gasteiger partial charge in [-0.2, -0.15) is 0 Å². The zero-order chi connectivity index (χ0) is 18.4. The highest BCUT2D eigenvalue weighted by molar-refractivity contribution is 5.75. The number of carbonyl (C=O) groups excluding carboxylic acids is 1. The van der Waals surface area contributed by atoms with Crippen LogP contribution in [0.2, 0.25) is 0 Å². The van der Waals surface area contributed by atoms with Gasteiger partial charge in [0.25, 0.3) is 0 Å². The highest BCUT2D eigenvalue weighted by Crippen LogP contribution is 2.28. The summed E-state index contributed by atoms with van der Waals surface area (Å²) in [5.74, 6) is -0.227.